The number of methoxy groups -OCH3 is 3. The van der Waals surface area contributed by atoms with Gasteiger partial charge in [-0.3, -0.25) is 0 Å². The molecule has 0 N–H and O–H groups in total. The Morgan fingerprint density at radius 2 is 1.56 bits per heavy atom. The number of ether oxygens (including phenoxy) is 3. The molecule has 1 aromatic carbocycles. The molecule has 0 fully saturated rings. The van der Waals surface area contributed by atoms with Crippen molar-refractivity contribution in [3.05, 3.63) is 23.8 Å². The molecule has 0 atom stereocenters. The van der Waals surface area contributed by atoms with Gasteiger partial charge in [-0.05, 0) is 12.5 Å². The molecule has 0 aliphatic heterocycles. The lowest BCUT2D eigenvalue weighted by atomic mass is 10.1. The molecule has 1 rings (SSSR count). The highest BCUT2D eigenvalue weighted by Crippen LogP contribution is 2.35. The molecule has 18 heavy (non-hydrogen) atoms. The summed E-state index contributed by atoms with van der Waals surface area (Å²) in [5, 5.41) is 0. The first-order valence-electron chi connectivity index (χ1n) is 6.23. The highest BCUT2D eigenvalue weighted by molar-refractivity contribution is 5.63. The van der Waals surface area contributed by atoms with Gasteiger partial charge in [0.15, 0.2) is 11.5 Å². The Morgan fingerprint density at radius 1 is 0.944 bits per heavy atom. The van der Waals surface area contributed by atoms with Gasteiger partial charge in [0, 0.05) is 11.6 Å². The Bertz CT molecular complexity index is 397. The van der Waals surface area contributed by atoms with Crippen LogP contribution in [0.5, 0.6) is 17.2 Å². The molecule has 0 spiro atoms. The maximum Gasteiger partial charge on any atom is 0.164 e. The van der Waals surface area contributed by atoms with Gasteiger partial charge < -0.3 is 14.2 Å². The fraction of sp³-hybridized carbons (Fsp3) is 0.467. The maximum absolute atomic E-state index is 5.36. The van der Waals surface area contributed by atoms with Gasteiger partial charge in [0.25, 0.3) is 0 Å². The fourth-order valence-electron chi connectivity index (χ4n) is 1.72. The Kier molecular flexibility index (Phi) is 6.12. The molecule has 0 radical (unpaired) electrons. The van der Waals surface area contributed by atoms with Crippen LogP contribution in [0.2, 0.25) is 0 Å². The molecule has 0 aromatic heterocycles. The van der Waals surface area contributed by atoms with Crippen molar-refractivity contribution < 1.29 is 14.2 Å². The van der Waals surface area contributed by atoms with Crippen LogP contribution in [0, 0.1) is 0 Å². The second kappa shape index (κ2) is 7.64. The molecule has 0 heterocycles. The summed E-state index contributed by atoms with van der Waals surface area (Å²) in [5.74, 6) is 2.19. The second-order valence-corrected chi connectivity index (χ2v) is 3.99. The Balaban J connectivity index is 2.98. The van der Waals surface area contributed by atoms with Crippen molar-refractivity contribution in [2.75, 3.05) is 21.3 Å². The van der Waals surface area contributed by atoms with Gasteiger partial charge in [0.2, 0.25) is 0 Å². The predicted molar refractivity (Wildman–Crippen MR) is 74.7 cm³/mol. The van der Waals surface area contributed by atoms with E-state index in [0.29, 0.717) is 11.5 Å². The molecule has 0 bridgehead atoms. The first-order valence-corrected chi connectivity index (χ1v) is 6.23. The normalized spacial score (nSPS) is 10.7. The molecule has 0 saturated heterocycles. The van der Waals surface area contributed by atoms with Crippen LogP contribution in [-0.4, -0.2) is 21.3 Å². The van der Waals surface area contributed by atoms with Crippen molar-refractivity contribution in [3.8, 4) is 17.2 Å². The molecule has 0 aliphatic rings. The molecular formula is C15H22O3. The quantitative estimate of drug-likeness (QED) is 0.686. The van der Waals surface area contributed by atoms with Crippen molar-refractivity contribution in [2.24, 2.45) is 0 Å². The minimum absolute atomic E-state index is 0.681. The lowest BCUT2D eigenvalue weighted by Gasteiger charge is -2.12. The van der Waals surface area contributed by atoms with Crippen LogP contribution in [-0.2, 0) is 0 Å². The van der Waals surface area contributed by atoms with Gasteiger partial charge in [0.05, 0.1) is 21.3 Å². The average molecular weight is 250 g/mol. The first-order chi connectivity index (χ1) is 8.76. The third-order valence-corrected chi connectivity index (χ3v) is 2.76. The summed E-state index contributed by atoms with van der Waals surface area (Å²) in [6.07, 6.45) is 7.71. The molecule has 0 saturated carbocycles. The van der Waals surface area contributed by atoms with E-state index in [2.05, 4.69) is 19.1 Å². The van der Waals surface area contributed by atoms with Gasteiger partial charge in [0.1, 0.15) is 5.75 Å². The number of hydrogen-bond donors (Lipinski definition) is 0. The number of hydrogen-bond acceptors (Lipinski definition) is 3. The van der Waals surface area contributed by atoms with E-state index >= 15 is 0 Å². The van der Waals surface area contributed by atoms with E-state index in [1.807, 2.05) is 12.1 Å². The standard InChI is InChI=1S/C15H22O3/c1-5-6-7-8-9-12-10-14(17-3)15(18-4)11-13(12)16-2/h8-11H,5-7H2,1-4H3/b9-8+. The summed E-state index contributed by atoms with van der Waals surface area (Å²) in [4.78, 5) is 0. The zero-order chi connectivity index (χ0) is 13.4. The SMILES string of the molecule is CCCC/C=C/c1cc(OC)c(OC)cc1OC. The number of unbranched alkanes of at least 4 members (excludes halogenated alkanes) is 2. The van der Waals surface area contributed by atoms with Gasteiger partial charge in [-0.1, -0.05) is 31.9 Å². The molecule has 1 aromatic rings. The largest absolute Gasteiger partial charge is 0.496 e. The Labute approximate surface area is 109 Å². The summed E-state index contributed by atoms with van der Waals surface area (Å²) < 4.78 is 15.9. The third kappa shape index (κ3) is 3.69. The van der Waals surface area contributed by atoms with E-state index in [-0.39, 0.29) is 0 Å². The van der Waals surface area contributed by atoms with Crippen LogP contribution in [0.25, 0.3) is 6.08 Å². The summed E-state index contributed by atoms with van der Waals surface area (Å²) in [5.41, 5.74) is 1.01. The Morgan fingerprint density at radius 3 is 2.11 bits per heavy atom. The smallest absolute Gasteiger partial charge is 0.164 e. The summed E-state index contributed by atoms with van der Waals surface area (Å²) in [6, 6.07) is 3.78. The first kappa shape index (κ1) is 14.4. The molecular weight excluding hydrogens is 228 g/mol. The van der Waals surface area contributed by atoms with Crippen LogP contribution in [0.4, 0.5) is 0 Å². The van der Waals surface area contributed by atoms with Crippen molar-refractivity contribution in [2.45, 2.75) is 26.2 Å². The zero-order valence-electron chi connectivity index (χ0n) is 11.7. The van der Waals surface area contributed by atoms with Crippen molar-refractivity contribution >= 4 is 6.08 Å². The maximum atomic E-state index is 5.36. The van der Waals surface area contributed by atoms with Crippen LogP contribution < -0.4 is 14.2 Å². The molecule has 0 unspecified atom stereocenters. The zero-order valence-corrected chi connectivity index (χ0v) is 11.7. The molecule has 3 nitrogen and oxygen atoms in total. The predicted octanol–water partition coefficient (Wildman–Crippen LogP) is 3.92. The highest BCUT2D eigenvalue weighted by atomic mass is 16.5. The minimum atomic E-state index is 0.681. The van der Waals surface area contributed by atoms with Crippen molar-refractivity contribution in [1.82, 2.24) is 0 Å². The van der Waals surface area contributed by atoms with E-state index in [1.54, 1.807) is 21.3 Å². The van der Waals surface area contributed by atoms with Crippen molar-refractivity contribution in [1.29, 1.82) is 0 Å². The molecule has 100 valence electrons. The monoisotopic (exact) mass is 250 g/mol. The van der Waals surface area contributed by atoms with Crippen LogP contribution in [0.15, 0.2) is 18.2 Å². The number of allylic oxidation sites excluding steroid dienone is 1. The van der Waals surface area contributed by atoms with Gasteiger partial charge in [-0.15, -0.1) is 0 Å². The Hall–Kier alpha value is -1.64. The lowest BCUT2D eigenvalue weighted by molar-refractivity contribution is 0.348. The van der Waals surface area contributed by atoms with E-state index < -0.39 is 0 Å². The topological polar surface area (TPSA) is 27.7 Å². The van der Waals surface area contributed by atoms with Crippen LogP contribution in [0.1, 0.15) is 31.7 Å². The van der Waals surface area contributed by atoms with Gasteiger partial charge in [-0.25, -0.2) is 0 Å². The number of benzene rings is 1. The molecule has 0 aliphatic carbocycles. The van der Waals surface area contributed by atoms with Gasteiger partial charge in [-0.2, -0.15) is 0 Å². The summed E-state index contributed by atoms with van der Waals surface area (Å²) >= 11 is 0. The summed E-state index contributed by atoms with van der Waals surface area (Å²) in [7, 11) is 4.91. The number of rotatable bonds is 7. The molecule has 0 amide bonds. The van der Waals surface area contributed by atoms with Crippen LogP contribution >= 0.6 is 0 Å². The fourth-order valence-corrected chi connectivity index (χ4v) is 1.72. The van der Waals surface area contributed by atoms with E-state index in [9.17, 15) is 0 Å². The van der Waals surface area contributed by atoms with E-state index in [0.717, 1.165) is 17.7 Å². The highest BCUT2D eigenvalue weighted by Gasteiger charge is 2.09. The third-order valence-electron chi connectivity index (χ3n) is 2.76. The van der Waals surface area contributed by atoms with E-state index in [4.69, 9.17) is 14.2 Å². The molecule has 3 heteroatoms. The average Bonchev–Trinajstić information content (AvgIpc) is 2.42. The van der Waals surface area contributed by atoms with E-state index in [1.165, 1.54) is 12.8 Å². The van der Waals surface area contributed by atoms with Crippen LogP contribution in [0.3, 0.4) is 0 Å². The minimum Gasteiger partial charge on any atom is -0.496 e. The summed E-state index contributed by atoms with van der Waals surface area (Å²) in [6.45, 7) is 2.19. The van der Waals surface area contributed by atoms with Gasteiger partial charge >= 0.3 is 0 Å². The van der Waals surface area contributed by atoms with Crippen molar-refractivity contribution in [3.63, 3.8) is 0 Å². The second-order valence-electron chi connectivity index (χ2n) is 3.99. The lowest BCUT2D eigenvalue weighted by Crippen LogP contribution is -1.94.